The number of nitrogens with one attached hydrogen (secondary N) is 3. The first-order valence-corrected chi connectivity index (χ1v) is 15.4. The van der Waals surface area contributed by atoms with Gasteiger partial charge in [-0.2, -0.15) is 0 Å². The number of phenols is 1. The predicted molar refractivity (Wildman–Crippen MR) is 178 cm³/mol. The Labute approximate surface area is 270 Å². The third-order valence-electron chi connectivity index (χ3n) is 7.76. The SMILES string of the molecule is COc1cccc(CCNC(=O)c2ccc(CNC(=O)Cc3cccc(C[C@@H](C)NC[C@H](O)c4ccc(O)c(CO)c4)c3)cc2)c1. The fourth-order valence-corrected chi connectivity index (χ4v) is 5.14. The van der Waals surface area contributed by atoms with Gasteiger partial charge in [0.05, 0.1) is 26.2 Å². The summed E-state index contributed by atoms with van der Waals surface area (Å²) in [7, 11) is 1.63. The number of carbonyl (C=O) groups excluding carboxylic acids is 2. The van der Waals surface area contributed by atoms with E-state index in [4.69, 9.17) is 4.74 Å². The Hall–Kier alpha value is -4.70. The molecule has 0 fully saturated rings. The number of aliphatic hydroxyl groups excluding tert-OH is 2. The molecule has 4 aromatic rings. The second-order valence-corrected chi connectivity index (χ2v) is 11.4. The van der Waals surface area contributed by atoms with Crippen LogP contribution in [0.15, 0.2) is 91.0 Å². The minimum atomic E-state index is -0.785. The zero-order valence-corrected chi connectivity index (χ0v) is 26.3. The van der Waals surface area contributed by atoms with E-state index in [1.807, 2.05) is 67.6 Å². The Morgan fingerprint density at radius 2 is 1.59 bits per heavy atom. The van der Waals surface area contributed by atoms with Crippen LogP contribution in [0.25, 0.3) is 0 Å². The number of hydrogen-bond acceptors (Lipinski definition) is 7. The molecule has 0 unspecified atom stereocenters. The minimum Gasteiger partial charge on any atom is -0.508 e. The molecule has 9 heteroatoms. The first kappa shape index (κ1) is 34.2. The van der Waals surface area contributed by atoms with Crippen LogP contribution in [0.1, 0.15) is 56.8 Å². The van der Waals surface area contributed by atoms with Crippen molar-refractivity contribution in [2.24, 2.45) is 0 Å². The highest BCUT2D eigenvalue weighted by Gasteiger charge is 2.13. The van der Waals surface area contributed by atoms with Gasteiger partial charge in [0, 0.05) is 36.8 Å². The lowest BCUT2D eigenvalue weighted by molar-refractivity contribution is -0.120. The standard InChI is InChI=1S/C37H43N3O6/c1-25(39-23-35(43)31-13-14-34(42)32(21-31)24-41)17-28-6-3-7-29(18-28)20-36(44)40-22-27-9-11-30(12-10-27)37(45)38-16-15-26-5-4-8-33(19-26)46-2/h3-14,18-19,21,25,35,39,41-43H,15-17,20,22-24H2,1-2H3,(H,38,45)(H,40,44)/t25-,35+/m1/s1. The number of hydrogen-bond donors (Lipinski definition) is 6. The molecule has 0 radical (unpaired) electrons. The summed E-state index contributed by atoms with van der Waals surface area (Å²) in [4.78, 5) is 25.2. The zero-order valence-electron chi connectivity index (χ0n) is 26.3. The fourth-order valence-electron chi connectivity index (χ4n) is 5.14. The number of amides is 2. The maximum absolute atomic E-state index is 12.7. The van der Waals surface area contributed by atoms with Gasteiger partial charge in [0.25, 0.3) is 5.91 Å². The van der Waals surface area contributed by atoms with Gasteiger partial charge in [-0.25, -0.2) is 0 Å². The summed E-state index contributed by atoms with van der Waals surface area (Å²) in [5.74, 6) is 0.552. The Morgan fingerprint density at radius 1 is 0.848 bits per heavy atom. The third kappa shape index (κ3) is 10.4. The summed E-state index contributed by atoms with van der Waals surface area (Å²) in [6, 6.07) is 27.6. The molecule has 4 rings (SSSR count). The Kier molecular flexibility index (Phi) is 12.7. The van der Waals surface area contributed by atoms with Crippen molar-refractivity contribution >= 4 is 11.8 Å². The van der Waals surface area contributed by atoms with Gasteiger partial charge in [-0.15, -0.1) is 0 Å². The van der Waals surface area contributed by atoms with Crippen LogP contribution in [0.5, 0.6) is 11.5 Å². The van der Waals surface area contributed by atoms with Gasteiger partial charge in [0.1, 0.15) is 11.5 Å². The van der Waals surface area contributed by atoms with Crippen LogP contribution in [-0.2, 0) is 37.2 Å². The maximum Gasteiger partial charge on any atom is 0.251 e. The normalized spacial score (nSPS) is 12.3. The number of aliphatic hydroxyl groups is 2. The topological polar surface area (TPSA) is 140 Å². The molecule has 0 heterocycles. The Morgan fingerprint density at radius 3 is 2.35 bits per heavy atom. The van der Waals surface area contributed by atoms with Crippen molar-refractivity contribution in [3.05, 3.63) is 130 Å². The van der Waals surface area contributed by atoms with Crippen molar-refractivity contribution in [3.63, 3.8) is 0 Å². The summed E-state index contributed by atoms with van der Waals surface area (Å²) < 4.78 is 5.24. The fraction of sp³-hybridized carbons (Fsp3) is 0.297. The van der Waals surface area contributed by atoms with Gasteiger partial charge in [0.2, 0.25) is 5.91 Å². The lowest BCUT2D eigenvalue weighted by atomic mass is 10.0. The van der Waals surface area contributed by atoms with Crippen molar-refractivity contribution in [1.29, 1.82) is 0 Å². The molecule has 0 bridgehead atoms. The summed E-state index contributed by atoms with van der Waals surface area (Å²) in [5, 5.41) is 38.9. The molecule has 0 spiro atoms. The number of aromatic hydroxyl groups is 1. The number of benzene rings is 4. The summed E-state index contributed by atoms with van der Waals surface area (Å²) >= 11 is 0. The van der Waals surface area contributed by atoms with Gasteiger partial charge in [-0.05, 0) is 84.0 Å². The highest BCUT2D eigenvalue weighted by atomic mass is 16.5. The van der Waals surface area contributed by atoms with E-state index in [1.165, 1.54) is 6.07 Å². The molecule has 0 aromatic heterocycles. The molecule has 2 amide bonds. The average molecular weight is 626 g/mol. The Balaban J connectivity index is 1.18. The molecular formula is C37H43N3O6. The van der Waals surface area contributed by atoms with Crippen LogP contribution in [0, 0.1) is 0 Å². The molecule has 0 aliphatic heterocycles. The van der Waals surface area contributed by atoms with Gasteiger partial charge >= 0.3 is 0 Å². The minimum absolute atomic E-state index is 0.00114. The summed E-state index contributed by atoms with van der Waals surface area (Å²) in [6.45, 7) is 2.91. The van der Waals surface area contributed by atoms with Gasteiger partial charge in [-0.3, -0.25) is 9.59 Å². The molecule has 0 aliphatic carbocycles. The van der Waals surface area contributed by atoms with E-state index in [1.54, 1.807) is 31.4 Å². The van der Waals surface area contributed by atoms with Crippen molar-refractivity contribution in [2.45, 2.75) is 51.5 Å². The van der Waals surface area contributed by atoms with Gasteiger partial charge in [-0.1, -0.05) is 54.6 Å². The number of ether oxygens (including phenoxy) is 1. The monoisotopic (exact) mass is 625 g/mol. The van der Waals surface area contributed by atoms with Crippen molar-refractivity contribution in [1.82, 2.24) is 16.0 Å². The quantitative estimate of drug-likeness (QED) is 0.111. The summed E-state index contributed by atoms with van der Waals surface area (Å²) in [5.41, 5.74) is 5.52. The van der Waals surface area contributed by atoms with E-state index in [0.717, 1.165) is 28.0 Å². The van der Waals surface area contributed by atoms with Gasteiger partial charge < -0.3 is 36.0 Å². The zero-order chi connectivity index (χ0) is 32.9. The number of rotatable bonds is 16. The lowest BCUT2D eigenvalue weighted by Crippen LogP contribution is -2.32. The van der Waals surface area contributed by atoms with E-state index in [-0.39, 0.29) is 36.6 Å². The molecule has 0 saturated heterocycles. The van der Waals surface area contributed by atoms with E-state index < -0.39 is 6.10 Å². The highest BCUT2D eigenvalue weighted by Crippen LogP contribution is 2.22. The van der Waals surface area contributed by atoms with Crippen LogP contribution < -0.4 is 20.7 Å². The molecule has 9 nitrogen and oxygen atoms in total. The molecular weight excluding hydrogens is 582 g/mol. The van der Waals surface area contributed by atoms with E-state index >= 15 is 0 Å². The third-order valence-corrected chi connectivity index (χ3v) is 7.76. The molecule has 6 N–H and O–H groups in total. The van der Waals surface area contributed by atoms with Crippen LogP contribution in [0.4, 0.5) is 0 Å². The first-order chi connectivity index (χ1) is 22.2. The first-order valence-electron chi connectivity index (χ1n) is 15.4. The second kappa shape index (κ2) is 17.1. The number of carbonyl (C=O) groups is 2. The molecule has 4 aromatic carbocycles. The van der Waals surface area contributed by atoms with Crippen molar-refractivity contribution < 1.29 is 29.6 Å². The van der Waals surface area contributed by atoms with Crippen LogP contribution in [0.3, 0.4) is 0 Å². The van der Waals surface area contributed by atoms with Crippen LogP contribution in [0.2, 0.25) is 0 Å². The predicted octanol–water partition coefficient (Wildman–Crippen LogP) is 3.98. The molecule has 0 saturated carbocycles. The maximum atomic E-state index is 12.7. The molecule has 46 heavy (non-hydrogen) atoms. The van der Waals surface area contributed by atoms with Crippen molar-refractivity contribution in [3.8, 4) is 11.5 Å². The van der Waals surface area contributed by atoms with E-state index in [0.29, 0.717) is 49.2 Å². The van der Waals surface area contributed by atoms with Crippen LogP contribution >= 0.6 is 0 Å². The van der Waals surface area contributed by atoms with Crippen molar-refractivity contribution in [2.75, 3.05) is 20.2 Å². The van der Waals surface area contributed by atoms with E-state index in [2.05, 4.69) is 16.0 Å². The second-order valence-electron chi connectivity index (χ2n) is 11.4. The largest absolute Gasteiger partial charge is 0.508 e. The summed E-state index contributed by atoms with van der Waals surface area (Å²) in [6.07, 6.45) is 0.870. The Bertz CT molecular complexity index is 1590. The van der Waals surface area contributed by atoms with Gasteiger partial charge in [0.15, 0.2) is 0 Å². The molecule has 0 aliphatic rings. The average Bonchev–Trinajstić information content (AvgIpc) is 3.07. The van der Waals surface area contributed by atoms with Crippen LogP contribution in [-0.4, -0.2) is 53.4 Å². The molecule has 242 valence electrons. The lowest BCUT2D eigenvalue weighted by Gasteiger charge is -2.18. The van der Waals surface area contributed by atoms with E-state index in [9.17, 15) is 24.9 Å². The number of methoxy groups -OCH3 is 1. The smallest absolute Gasteiger partial charge is 0.251 e. The molecule has 2 atom stereocenters. The highest BCUT2D eigenvalue weighted by molar-refractivity contribution is 5.94.